The van der Waals surface area contributed by atoms with Crippen LogP contribution in [0.5, 0.6) is 11.5 Å². The Bertz CT molecular complexity index is 1010. The summed E-state index contributed by atoms with van der Waals surface area (Å²) in [5.74, 6) is 1.59. The van der Waals surface area contributed by atoms with E-state index >= 15 is 0 Å². The average molecular weight is 468 g/mol. The highest BCUT2D eigenvalue weighted by atomic mass is 16.5. The number of nitrogens with zero attached hydrogens (tertiary/aromatic N) is 3. The van der Waals surface area contributed by atoms with Gasteiger partial charge in [0.1, 0.15) is 0 Å². The van der Waals surface area contributed by atoms with Crippen LogP contribution in [0.2, 0.25) is 0 Å². The third kappa shape index (κ3) is 4.61. The van der Waals surface area contributed by atoms with Gasteiger partial charge < -0.3 is 19.7 Å². The van der Waals surface area contributed by atoms with E-state index in [1.807, 2.05) is 6.07 Å². The van der Waals surface area contributed by atoms with Gasteiger partial charge in [0.15, 0.2) is 11.5 Å². The van der Waals surface area contributed by atoms with Crippen molar-refractivity contribution >= 4 is 11.8 Å². The van der Waals surface area contributed by atoms with E-state index in [9.17, 15) is 9.59 Å². The van der Waals surface area contributed by atoms with Gasteiger partial charge in [-0.15, -0.1) is 0 Å². The lowest BCUT2D eigenvalue weighted by Gasteiger charge is -2.25. The first-order valence-corrected chi connectivity index (χ1v) is 12.3. The van der Waals surface area contributed by atoms with E-state index in [1.54, 1.807) is 18.2 Å². The van der Waals surface area contributed by atoms with Gasteiger partial charge in [-0.2, -0.15) is 5.10 Å². The molecular formula is C25H33N5O4. The van der Waals surface area contributed by atoms with E-state index in [2.05, 4.69) is 32.5 Å². The zero-order valence-corrected chi connectivity index (χ0v) is 19.7. The van der Waals surface area contributed by atoms with Crippen LogP contribution in [-0.2, 0) is 4.79 Å². The Balaban J connectivity index is 1.38. The van der Waals surface area contributed by atoms with E-state index in [0.29, 0.717) is 43.3 Å². The fourth-order valence-corrected chi connectivity index (χ4v) is 5.71. The Labute approximate surface area is 199 Å². The highest BCUT2D eigenvalue weighted by Gasteiger charge is 2.44. The first-order valence-electron chi connectivity index (χ1n) is 12.3. The lowest BCUT2D eigenvalue weighted by Crippen LogP contribution is -2.43. The van der Waals surface area contributed by atoms with Crippen LogP contribution in [-0.4, -0.2) is 77.7 Å². The number of methoxy groups -OCH3 is 1. The van der Waals surface area contributed by atoms with Crippen LogP contribution in [0.15, 0.2) is 30.6 Å². The van der Waals surface area contributed by atoms with Gasteiger partial charge in [0, 0.05) is 31.4 Å². The minimum absolute atomic E-state index is 0.0439. The molecule has 182 valence electrons. The largest absolute Gasteiger partial charge is 0.493 e. The van der Waals surface area contributed by atoms with Gasteiger partial charge in [-0.05, 0) is 62.3 Å². The lowest BCUT2D eigenvalue weighted by molar-refractivity contribution is -0.122. The minimum atomic E-state index is -0.191. The number of fused-ring (bicyclic) bond motifs is 8. The quantitative estimate of drug-likeness (QED) is 0.704. The van der Waals surface area contributed by atoms with Crippen molar-refractivity contribution in [3.8, 4) is 11.5 Å². The molecule has 9 heteroatoms. The molecule has 9 nitrogen and oxygen atoms in total. The molecule has 2 fully saturated rings. The third-order valence-electron chi connectivity index (χ3n) is 7.39. The molecule has 4 heterocycles. The standard InChI is InChI=1S/C25H33N5O4/c1-33-22-7-6-17-12-23(22)34-10-3-2-8-29(25(32)19-14-27-28-15-19)16-24(31)26-13-18-11-21(17)30-9-4-5-20(18)30/h6-7,12,14-15,18,20-21H,2-5,8-11,13,16H2,1H3,(H,26,31)(H,27,28)/t18-,20+,21-/m1/s1. The van der Waals surface area contributed by atoms with Crippen molar-refractivity contribution in [3.63, 3.8) is 0 Å². The van der Waals surface area contributed by atoms with E-state index in [0.717, 1.165) is 43.7 Å². The van der Waals surface area contributed by atoms with Crippen molar-refractivity contribution in [1.29, 1.82) is 0 Å². The summed E-state index contributed by atoms with van der Waals surface area (Å²) in [5, 5.41) is 9.69. The zero-order valence-electron chi connectivity index (χ0n) is 19.7. The lowest BCUT2D eigenvalue weighted by atomic mass is 9.94. The first-order chi connectivity index (χ1) is 16.6. The molecule has 1 aromatic carbocycles. The van der Waals surface area contributed by atoms with E-state index in [4.69, 9.17) is 9.47 Å². The van der Waals surface area contributed by atoms with Crippen molar-refractivity contribution in [2.24, 2.45) is 5.92 Å². The van der Waals surface area contributed by atoms with Gasteiger partial charge in [-0.25, -0.2) is 0 Å². The molecule has 2 N–H and O–H groups in total. The number of rotatable bonds is 2. The van der Waals surface area contributed by atoms with Gasteiger partial charge in [0.2, 0.25) is 5.91 Å². The van der Waals surface area contributed by atoms with Crippen LogP contribution >= 0.6 is 0 Å². The Morgan fingerprint density at radius 3 is 2.97 bits per heavy atom. The summed E-state index contributed by atoms with van der Waals surface area (Å²) in [5.41, 5.74) is 1.71. The summed E-state index contributed by atoms with van der Waals surface area (Å²) < 4.78 is 11.7. The number of hydrogen-bond acceptors (Lipinski definition) is 6. The Morgan fingerprint density at radius 2 is 2.15 bits per heavy atom. The normalized spacial score (nSPS) is 26.0. The van der Waals surface area contributed by atoms with Gasteiger partial charge >= 0.3 is 0 Å². The second kappa shape index (κ2) is 10.0. The molecule has 34 heavy (non-hydrogen) atoms. The molecule has 2 amide bonds. The molecule has 3 aliphatic rings. The van der Waals surface area contributed by atoms with E-state index in [1.165, 1.54) is 18.2 Å². The predicted octanol–water partition coefficient (Wildman–Crippen LogP) is 2.37. The monoisotopic (exact) mass is 467 g/mol. The highest BCUT2D eigenvalue weighted by Crippen LogP contribution is 2.46. The molecule has 0 radical (unpaired) electrons. The Hall–Kier alpha value is -3.07. The molecule has 2 saturated heterocycles. The molecule has 0 saturated carbocycles. The second-order valence-electron chi connectivity index (χ2n) is 9.44. The molecule has 3 aliphatic heterocycles. The van der Waals surface area contributed by atoms with Gasteiger partial charge in [0.05, 0.1) is 32.0 Å². The topological polar surface area (TPSA) is 99.8 Å². The summed E-state index contributed by atoms with van der Waals surface area (Å²) in [7, 11) is 1.66. The predicted molar refractivity (Wildman–Crippen MR) is 126 cm³/mol. The molecule has 0 unspecified atom stereocenters. The zero-order chi connectivity index (χ0) is 23.5. The number of hydrogen-bond donors (Lipinski definition) is 2. The van der Waals surface area contributed by atoms with Crippen molar-refractivity contribution in [1.82, 2.24) is 25.3 Å². The third-order valence-corrected chi connectivity index (χ3v) is 7.39. The van der Waals surface area contributed by atoms with Gasteiger partial charge in [-0.1, -0.05) is 6.07 Å². The molecular weight excluding hydrogens is 434 g/mol. The molecule has 2 aromatic rings. The van der Waals surface area contributed by atoms with Crippen molar-refractivity contribution < 1.29 is 19.1 Å². The van der Waals surface area contributed by atoms with Crippen molar-refractivity contribution in [2.45, 2.75) is 44.2 Å². The summed E-state index contributed by atoms with van der Waals surface area (Å²) >= 11 is 0. The maximum absolute atomic E-state index is 13.0. The average Bonchev–Trinajstić information content (AvgIpc) is 3.60. The number of aromatic nitrogens is 2. The molecule has 0 spiro atoms. The fraction of sp³-hybridized carbons (Fsp3) is 0.560. The van der Waals surface area contributed by atoms with Crippen LogP contribution in [0.25, 0.3) is 0 Å². The maximum atomic E-state index is 13.0. The van der Waals surface area contributed by atoms with Crippen molar-refractivity contribution in [3.05, 3.63) is 41.7 Å². The van der Waals surface area contributed by atoms with Crippen LogP contribution in [0.1, 0.15) is 54.1 Å². The van der Waals surface area contributed by atoms with Crippen LogP contribution in [0, 0.1) is 5.92 Å². The molecule has 1 aromatic heterocycles. The van der Waals surface area contributed by atoms with Crippen LogP contribution in [0.4, 0.5) is 0 Å². The SMILES string of the molecule is COc1ccc2cc1OCCCCN(C(=O)c1cn[nH]c1)CC(=O)NC[C@H]1C[C@H]2N2CCC[C@@H]12. The number of ether oxygens (including phenoxy) is 2. The number of nitrogens with one attached hydrogen (secondary N) is 2. The smallest absolute Gasteiger partial charge is 0.257 e. The van der Waals surface area contributed by atoms with E-state index < -0.39 is 0 Å². The second-order valence-corrected chi connectivity index (χ2v) is 9.44. The number of carbonyl (C=O) groups excluding carboxylic acids is 2. The van der Waals surface area contributed by atoms with Gasteiger partial charge in [0.25, 0.3) is 5.91 Å². The number of carbonyl (C=O) groups is 2. The molecule has 4 bridgehead atoms. The highest BCUT2D eigenvalue weighted by molar-refractivity contribution is 5.96. The first kappa shape index (κ1) is 22.7. The van der Waals surface area contributed by atoms with Crippen molar-refractivity contribution in [2.75, 3.05) is 39.9 Å². The number of H-pyrrole nitrogens is 1. The number of aromatic amines is 1. The summed E-state index contributed by atoms with van der Waals surface area (Å²) in [6.07, 6.45) is 7.86. The fourth-order valence-electron chi connectivity index (χ4n) is 5.71. The number of benzene rings is 1. The van der Waals surface area contributed by atoms with E-state index in [-0.39, 0.29) is 18.4 Å². The number of amides is 2. The summed E-state index contributed by atoms with van der Waals surface area (Å²) in [4.78, 5) is 30.0. The molecule has 3 atom stereocenters. The maximum Gasteiger partial charge on any atom is 0.257 e. The summed E-state index contributed by atoms with van der Waals surface area (Å²) in [6.45, 7) is 2.74. The van der Waals surface area contributed by atoms with Gasteiger partial charge in [-0.3, -0.25) is 19.6 Å². The Kier molecular flexibility index (Phi) is 6.71. The van der Waals surface area contributed by atoms with Crippen LogP contribution in [0.3, 0.4) is 0 Å². The van der Waals surface area contributed by atoms with Crippen LogP contribution < -0.4 is 14.8 Å². The molecule has 5 rings (SSSR count). The Morgan fingerprint density at radius 1 is 1.24 bits per heavy atom. The summed E-state index contributed by atoms with van der Waals surface area (Å²) in [6, 6.07) is 7.06. The molecule has 0 aliphatic carbocycles. The minimum Gasteiger partial charge on any atom is -0.493 e.